The van der Waals surface area contributed by atoms with Gasteiger partial charge in [-0.2, -0.15) is 0 Å². The Morgan fingerprint density at radius 2 is 2.07 bits per heavy atom. The SMILES string of the molecule is O=C1O[C@H]([C@@H](O)CO)[C@H](O)[C@]1(O)CO. The van der Waals surface area contributed by atoms with Gasteiger partial charge in [0.1, 0.15) is 12.2 Å². The van der Waals surface area contributed by atoms with Crippen molar-refractivity contribution < 1.29 is 35.1 Å². The van der Waals surface area contributed by atoms with E-state index in [-0.39, 0.29) is 0 Å². The molecule has 14 heavy (non-hydrogen) atoms. The molecule has 82 valence electrons. The second-order valence-corrected chi connectivity index (χ2v) is 3.15. The van der Waals surface area contributed by atoms with Crippen LogP contribution in [0.3, 0.4) is 0 Å². The molecular weight excluding hydrogens is 196 g/mol. The number of rotatable bonds is 3. The number of cyclic esters (lactones) is 1. The fourth-order valence-electron chi connectivity index (χ4n) is 1.23. The summed E-state index contributed by atoms with van der Waals surface area (Å²) in [7, 11) is 0. The van der Waals surface area contributed by atoms with E-state index in [0.717, 1.165) is 0 Å². The van der Waals surface area contributed by atoms with E-state index in [9.17, 15) is 15.0 Å². The molecule has 0 aromatic rings. The van der Waals surface area contributed by atoms with E-state index in [1.165, 1.54) is 0 Å². The lowest BCUT2D eigenvalue weighted by molar-refractivity contribution is -0.161. The van der Waals surface area contributed by atoms with Gasteiger partial charge in [0, 0.05) is 0 Å². The van der Waals surface area contributed by atoms with Crippen molar-refractivity contribution >= 4 is 5.97 Å². The van der Waals surface area contributed by atoms with Crippen molar-refractivity contribution in [2.24, 2.45) is 0 Å². The average molecular weight is 208 g/mol. The van der Waals surface area contributed by atoms with Gasteiger partial charge in [0.25, 0.3) is 0 Å². The molecule has 0 unspecified atom stereocenters. The predicted octanol–water partition coefficient (Wildman–Crippen LogP) is -3.65. The topological polar surface area (TPSA) is 127 Å². The Balaban J connectivity index is 2.84. The zero-order valence-corrected chi connectivity index (χ0v) is 7.20. The summed E-state index contributed by atoms with van der Waals surface area (Å²) in [4.78, 5) is 11.0. The van der Waals surface area contributed by atoms with Crippen LogP contribution in [0.2, 0.25) is 0 Å². The Hall–Kier alpha value is -0.730. The van der Waals surface area contributed by atoms with Crippen molar-refractivity contribution in [1.29, 1.82) is 0 Å². The molecule has 0 saturated carbocycles. The molecule has 1 aliphatic rings. The van der Waals surface area contributed by atoms with Gasteiger partial charge in [-0.1, -0.05) is 0 Å². The molecule has 1 heterocycles. The molecule has 0 aliphatic carbocycles. The van der Waals surface area contributed by atoms with Gasteiger partial charge in [-0.25, -0.2) is 4.79 Å². The van der Waals surface area contributed by atoms with Crippen molar-refractivity contribution in [3.63, 3.8) is 0 Å². The van der Waals surface area contributed by atoms with Crippen LogP contribution < -0.4 is 0 Å². The van der Waals surface area contributed by atoms with Crippen LogP contribution in [0.5, 0.6) is 0 Å². The zero-order chi connectivity index (χ0) is 10.9. The Labute approximate surface area is 79.2 Å². The number of carbonyl (C=O) groups excluding carboxylic acids is 1. The smallest absolute Gasteiger partial charge is 0.343 e. The molecule has 1 saturated heterocycles. The number of carbonyl (C=O) groups is 1. The van der Waals surface area contributed by atoms with Crippen molar-refractivity contribution in [1.82, 2.24) is 0 Å². The van der Waals surface area contributed by atoms with E-state index in [4.69, 9.17) is 15.3 Å². The Bertz CT molecular complexity index is 230. The first-order valence-corrected chi connectivity index (χ1v) is 3.98. The summed E-state index contributed by atoms with van der Waals surface area (Å²) in [5.74, 6) is -1.22. The first-order chi connectivity index (χ1) is 6.47. The van der Waals surface area contributed by atoms with Crippen LogP contribution in [0.15, 0.2) is 0 Å². The average Bonchev–Trinajstić information content (AvgIpc) is 2.42. The fourth-order valence-corrected chi connectivity index (χ4v) is 1.23. The number of hydrogen-bond acceptors (Lipinski definition) is 7. The van der Waals surface area contributed by atoms with Crippen molar-refractivity contribution in [3.8, 4) is 0 Å². The second kappa shape index (κ2) is 3.79. The van der Waals surface area contributed by atoms with Gasteiger partial charge in [-0.3, -0.25) is 0 Å². The highest BCUT2D eigenvalue weighted by Crippen LogP contribution is 2.27. The second-order valence-electron chi connectivity index (χ2n) is 3.15. The van der Waals surface area contributed by atoms with Crippen molar-refractivity contribution in [2.45, 2.75) is 23.9 Å². The van der Waals surface area contributed by atoms with E-state index in [1.54, 1.807) is 0 Å². The van der Waals surface area contributed by atoms with Crippen LogP contribution in [0.25, 0.3) is 0 Å². The van der Waals surface area contributed by atoms with E-state index in [2.05, 4.69) is 4.74 Å². The predicted molar refractivity (Wildman–Crippen MR) is 41.0 cm³/mol. The third kappa shape index (κ3) is 1.49. The number of aliphatic hydroxyl groups excluding tert-OH is 4. The zero-order valence-electron chi connectivity index (χ0n) is 7.20. The first kappa shape index (κ1) is 11.3. The highest BCUT2D eigenvalue weighted by molar-refractivity contribution is 5.83. The van der Waals surface area contributed by atoms with Gasteiger partial charge in [-0.05, 0) is 0 Å². The molecule has 0 spiro atoms. The Kier molecular flexibility index (Phi) is 3.07. The van der Waals surface area contributed by atoms with E-state index in [0.29, 0.717) is 0 Å². The van der Waals surface area contributed by atoms with Gasteiger partial charge >= 0.3 is 5.97 Å². The van der Waals surface area contributed by atoms with E-state index >= 15 is 0 Å². The highest BCUT2D eigenvalue weighted by Gasteiger charge is 2.57. The van der Waals surface area contributed by atoms with Crippen molar-refractivity contribution in [2.75, 3.05) is 13.2 Å². The lowest BCUT2D eigenvalue weighted by Crippen LogP contribution is -2.51. The minimum Gasteiger partial charge on any atom is -0.454 e. The molecule has 5 N–H and O–H groups in total. The molecule has 0 bridgehead atoms. The van der Waals surface area contributed by atoms with Crippen LogP contribution in [-0.2, 0) is 9.53 Å². The summed E-state index contributed by atoms with van der Waals surface area (Å²) in [6.45, 7) is -1.74. The van der Waals surface area contributed by atoms with Gasteiger partial charge in [-0.15, -0.1) is 0 Å². The maximum absolute atomic E-state index is 11.0. The Morgan fingerprint density at radius 1 is 1.50 bits per heavy atom. The minimum absolute atomic E-state index is 0.726. The molecule has 0 aromatic carbocycles. The summed E-state index contributed by atoms with van der Waals surface area (Å²) in [5.41, 5.74) is -2.42. The third-order valence-electron chi connectivity index (χ3n) is 2.20. The molecule has 4 atom stereocenters. The van der Waals surface area contributed by atoms with Gasteiger partial charge < -0.3 is 30.3 Å². The van der Waals surface area contributed by atoms with E-state index < -0.39 is 43.1 Å². The largest absolute Gasteiger partial charge is 0.454 e. The number of aliphatic hydroxyl groups is 5. The quantitative estimate of drug-likeness (QED) is 0.302. The highest BCUT2D eigenvalue weighted by atomic mass is 16.6. The van der Waals surface area contributed by atoms with Crippen LogP contribution in [0.1, 0.15) is 0 Å². The molecule has 1 rings (SSSR count). The standard InChI is InChI=1S/C7H12O7/c8-1-3(10)4-5(11)7(13,2-9)6(12)14-4/h3-5,8-11,13H,1-2H2/t3-,4+,5-,7+/m0/s1. The fraction of sp³-hybridized carbons (Fsp3) is 0.857. The molecule has 0 radical (unpaired) electrons. The van der Waals surface area contributed by atoms with Crippen molar-refractivity contribution in [3.05, 3.63) is 0 Å². The normalized spacial score (nSPS) is 39.6. The molecule has 7 heteroatoms. The van der Waals surface area contributed by atoms with Gasteiger partial charge in [0.05, 0.1) is 13.2 Å². The molecular formula is C7H12O7. The van der Waals surface area contributed by atoms with Gasteiger partial charge in [0.15, 0.2) is 6.10 Å². The summed E-state index contributed by atoms with van der Waals surface area (Å²) in [5, 5.41) is 45.1. The monoisotopic (exact) mass is 208 g/mol. The lowest BCUT2D eigenvalue weighted by atomic mass is 9.95. The third-order valence-corrected chi connectivity index (χ3v) is 2.20. The molecule has 7 nitrogen and oxygen atoms in total. The Morgan fingerprint density at radius 3 is 2.43 bits per heavy atom. The molecule has 0 aromatic heterocycles. The van der Waals surface area contributed by atoms with Crippen LogP contribution in [0, 0.1) is 0 Å². The molecule has 1 aliphatic heterocycles. The number of esters is 1. The number of hydrogen-bond donors (Lipinski definition) is 5. The molecule has 1 fully saturated rings. The number of ether oxygens (including phenoxy) is 1. The molecule has 0 amide bonds. The minimum atomic E-state index is -2.42. The van der Waals surface area contributed by atoms with E-state index in [1.807, 2.05) is 0 Å². The summed E-state index contributed by atoms with van der Waals surface area (Å²) < 4.78 is 4.42. The first-order valence-electron chi connectivity index (χ1n) is 3.98. The van der Waals surface area contributed by atoms with Crippen LogP contribution in [0.4, 0.5) is 0 Å². The maximum atomic E-state index is 11.0. The summed E-state index contributed by atoms with van der Waals surface area (Å²) in [6, 6.07) is 0. The van der Waals surface area contributed by atoms with Crippen LogP contribution in [-0.4, -0.2) is 68.6 Å². The summed E-state index contributed by atoms with van der Waals surface area (Å²) in [6.07, 6.45) is -4.68. The van der Waals surface area contributed by atoms with Gasteiger partial charge in [0.2, 0.25) is 5.60 Å². The maximum Gasteiger partial charge on any atom is 0.343 e. The van der Waals surface area contributed by atoms with Crippen LogP contribution >= 0.6 is 0 Å². The lowest BCUT2D eigenvalue weighted by Gasteiger charge is -2.22. The summed E-state index contributed by atoms with van der Waals surface area (Å²) >= 11 is 0.